The van der Waals surface area contributed by atoms with Crippen molar-refractivity contribution in [3.05, 3.63) is 176 Å². The van der Waals surface area contributed by atoms with E-state index in [1.807, 2.05) is 12.1 Å². The van der Waals surface area contributed by atoms with Crippen molar-refractivity contribution in [1.82, 2.24) is 15.0 Å². The van der Waals surface area contributed by atoms with Gasteiger partial charge in [-0.2, -0.15) is 0 Å². The second-order valence-electron chi connectivity index (χ2n) is 12.1. The summed E-state index contributed by atoms with van der Waals surface area (Å²) in [5.41, 5.74) is 9.90. The molecule has 3 nitrogen and oxygen atoms in total. The molecule has 49 heavy (non-hydrogen) atoms. The molecule has 0 saturated carbocycles. The summed E-state index contributed by atoms with van der Waals surface area (Å²) in [7, 11) is 0. The number of hydrogen-bond donors (Lipinski definition) is 0. The van der Waals surface area contributed by atoms with Crippen LogP contribution < -0.4 is 0 Å². The van der Waals surface area contributed by atoms with E-state index in [4.69, 9.17) is 15.0 Å². The van der Waals surface area contributed by atoms with Gasteiger partial charge in [0.05, 0.1) is 0 Å². The fourth-order valence-corrected chi connectivity index (χ4v) is 7.54. The van der Waals surface area contributed by atoms with Crippen LogP contribution in [0.3, 0.4) is 0 Å². The molecule has 0 spiro atoms. The minimum Gasteiger partial charge on any atom is -0.208 e. The van der Waals surface area contributed by atoms with Gasteiger partial charge in [0, 0.05) is 36.9 Å². The Hall–Kier alpha value is -6.23. The van der Waals surface area contributed by atoms with E-state index in [1.54, 1.807) is 11.3 Å². The first-order valence-electron chi connectivity index (χ1n) is 16.4. The molecule has 0 amide bonds. The molecule has 2 aromatic heterocycles. The Kier molecular flexibility index (Phi) is 7.34. The van der Waals surface area contributed by atoms with Crippen molar-refractivity contribution in [2.45, 2.75) is 0 Å². The Balaban J connectivity index is 1.12. The number of nitrogens with zero attached hydrogens (tertiary/aromatic N) is 3. The minimum atomic E-state index is 0.646. The lowest BCUT2D eigenvalue weighted by atomic mass is 9.98. The number of thiophene rings is 1. The second kappa shape index (κ2) is 12.4. The predicted molar refractivity (Wildman–Crippen MR) is 205 cm³/mol. The Bertz CT molecular complexity index is 2570. The van der Waals surface area contributed by atoms with Gasteiger partial charge in [-0.25, -0.2) is 15.0 Å². The number of aromatic nitrogens is 3. The van der Waals surface area contributed by atoms with Crippen LogP contribution in [0.15, 0.2) is 176 Å². The van der Waals surface area contributed by atoms with Crippen molar-refractivity contribution < 1.29 is 0 Å². The Morgan fingerprint density at radius 2 is 0.673 bits per heavy atom. The Morgan fingerprint density at radius 3 is 1.29 bits per heavy atom. The van der Waals surface area contributed by atoms with Gasteiger partial charge in [0.2, 0.25) is 0 Å². The Labute approximate surface area is 288 Å². The van der Waals surface area contributed by atoms with Crippen molar-refractivity contribution in [3.63, 3.8) is 0 Å². The van der Waals surface area contributed by atoms with Crippen LogP contribution >= 0.6 is 11.3 Å². The molecule has 2 heterocycles. The number of hydrogen-bond acceptors (Lipinski definition) is 4. The predicted octanol–water partition coefficient (Wildman–Crippen LogP) is 12.2. The highest BCUT2D eigenvalue weighted by Gasteiger charge is 2.15. The summed E-state index contributed by atoms with van der Waals surface area (Å²) in [4.78, 5) is 15.1. The van der Waals surface area contributed by atoms with Crippen LogP contribution in [-0.2, 0) is 0 Å². The molecule has 0 aliphatic carbocycles. The first-order valence-corrected chi connectivity index (χ1v) is 17.2. The maximum atomic E-state index is 5.06. The van der Waals surface area contributed by atoms with E-state index >= 15 is 0 Å². The molecule has 0 atom stereocenters. The van der Waals surface area contributed by atoms with Crippen LogP contribution in [-0.4, -0.2) is 15.0 Å². The molecule has 0 aliphatic heterocycles. The van der Waals surface area contributed by atoms with E-state index in [-0.39, 0.29) is 0 Å². The van der Waals surface area contributed by atoms with Crippen molar-refractivity contribution in [1.29, 1.82) is 0 Å². The number of fused-ring (bicyclic) bond motifs is 3. The van der Waals surface area contributed by atoms with Gasteiger partial charge in [0.15, 0.2) is 17.5 Å². The highest BCUT2D eigenvalue weighted by Crippen LogP contribution is 2.36. The lowest BCUT2D eigenvalue weighted by Gasteiger charge is -2.10. The van der Waals surface area contributed by atoms with Crippen LogP contribution in [0.5, 0.6) is 0 Å². The third kappa shape index (κ3) is 5.69. The van der Waals surface area contributed by atoms with Gasteiger partial charge < -0.3 is 0 Å². The minimum absolute atomic E-state index is 0.646. The van der Waals surface area contributed by atoms with Gasteiger partial charge in [-0.1, -0.05) is 158 Å². The monoisotopic (exact) mass is 643 g/mol. The van der Waals surface area contributed by atoms with Crippen molar-refractivity contribution >= 4 is 31.5 Å². The standard InChI is InChI=1S/C45H29N3S/c1-3-10-30(11-4-1)32-18-22-34(23-19-32)43-46-44(48-45(47-43)38-26-27-40-39-16-7-8-17-41(39)49-42(40)29-38)35-24-20-33(21-25-35)37-15-9-14-36(28-37)31-12-5-2-6-13-31/h1-29H. The molecule has 0 bridgehead atoms. The van der Waals surface area contributed by atoms with Crippen LogP contribution in [0.25, 0.3) is 87.7 Å². The molecule has 0 unspecified atom stereocenters. The average Bonchev–Trinajstić information content (AvgIpc) is 3.57. The first-order chi connectivity index (χ1) is 24.2. The third-order valence-corrected chi connectivity index (χ3v) is 10.1. The fourth-order valence-electron chi connectivity index (χ4n) is 6.39. The van der Waals surface area contributed by atoms with Crippen LogP contribution in [0.4, 0.5) is 0 Å². The van der Waals surface area contributed by atoms with E-state index in [1.165, 1.54) is 42.4 Å². The van der Waals surface area contributed by atoms with E-state index in [0.29, 0.717) is 17.5 Å². The topological polar surface area (TPSA) is 38.7 Å². The van der Waals surface area contributed by atoms with Gasteiger partial charge in [0.1, 0.15) is 0 Å². The normalized spacial score (nSPS) is 11.3. The molecule has 9 rings (SSSR count). The second-order valence-corrected chi connectivity index (χ2v) is 13.2. The maximum absolute atomic E-state index is 5.06. The molecule has 0 aliphatic rings. The summed E-state index contributed by atoms with van der Waals surface area (Å²) in [6.45, 7) is 0. The molecule has 0 fully saturated rings. The van der Waals surface area contributed by atoms with E-state index < -0.39 is 0 Å². The lowest BCUT2D eigenvalue weighted by molar-refractivity contribution is 1.07. The van der Waals surface area contributed by atoms with E-state index in [2.05, 4.69) is 164 Å². The van der Waals surface area contributed by atoms with Gasteiger partial charge in [-0.3, -0.25) is 0 Å². The van der Waals surface area contributed by atoms with Gasteiger partial charge >= 0.3 is 0 Å². The summed E-state index contributed by atoms with van der Waals surface area (Å²) < 4.78 is 2.50. The highest BCUT2D eigenvalue weighted by atomic mass is 32.1. The highest BCUT2D eigenvalue weighted by molar-refractivity contribution is 7.25. The molecule has 0 N–H and O–H groups in total. The van der Waals surface area contributed by atoms with Crippen molar-refractivity contribution in [3.8, 4) is 67.5 Å². The molecular weight excluding hydrogens is 615 g/mol. The fraction of sp³-hybridized carbons (Fsp3) is 0. The zero-order valence-electron chi connectivity index (χ0n) is 26.5. The largest absolute Gasteiger partial charge is 0.208 e. The van der Waals surface area contributed by atoms with Crippen LogP contribution in [0, 0.1) is 0 Å². The SMILES string of the molecule is c1ccc(-c2ccc(-c3nc(-c4ccc(-c5cccc(-c6ccccc6)c5)cc4)nc(-c4ccc5c(c4)sc4ccccc45)n3)cc2)cc1. The molecule has 0 radical (unpaired) electrons. The molecule has 0 saturated heterocycles. The van der Waals surface area contributed by atoms with E-state index in [9.17, 15) is 0 Å². The van der Waals surface area contributed by atoms with Gasteiger partial charge in [0.25, 0.3) is 0 Å². The smallest absolute Gasteiger partial charge is 0.164 e. The van der Waals surface area contributed by atoms with Crippen molar-refractivity contribution in [2.24, 2.45) is 0 Å². The quantitative estimate of drug-likeness (QED) is 0.181. The molecular formula is C45H29N3S. The molecule has 230 valence electrons. The Morgan fingerprint density at radius 1 is 0.265 bits per heavy atom. The molecule has 9 aromatic rings. The lowest BCUT2D eigenvalue weighted by Crippen LogP contribution is -2.00. The third-order valence-electron chi connectivity index (χ3n) is 8.97. The first kappa shape index (κ1) is 29.0. The number of rotatable bonds is 6. The summed E-state index contributed by atoms with van der Waals surface area (Å²) in [6, 6.07) is 61.7. The zero-order valence-corrected chi connectivity index (χ0v) is 27.3. The summed E-state index contributed by atoms with van der Waals surface area (Å²) >= 11 is 1.80. The van der Waals surface area contributed by atoms with Gasteiger partial charge in [-0.15, -0.1) is 11.3 Å². The molecule has 4 heteroatoms. The molecule has 7 aromatic carbocycles. The summed E-state index contributed by atoms with van der Waals surface area (Å²) in [5, 5.41) is 2.53. The average molecular weight is 644 g/mol. The summed E-state index contributed by atoms with van der Waals surface area (Å²) in [5.74, 6) is 1.95. The van der Waals surface area contributed by atoms with Crippen LogP contribution in [0.1, 0.15) is 0 Å². The zero-order chi connectivity index (χ0) is 32.6. The maximum Gasteiger partial charge on any atom is 0.164 e. The van der Waals surface area contributed by atoms with E-state index in [0.717, 1.165) is 27.8 Å². The number of benzene rings is 7. The van der Waals surface area contributed by atoms with Gasteiger partial charge in [-0.05, 0) is 51.6 Å². The van der Waals surface area contributed by atoms with Crippen molar-refractivity contribution in [2.75, 3.05) is 0 Å². The summed E-state index contributed by atoms with van der Waals surface area (Å²) in [6.07, 6.45) is 0. The van der Waals surface area contributed by atoms with Crippen LogP contribution in [0.2, 0.25) is 0 Å².